The van der Waals surface area contributed by atoms with Gasteiger partial charge in [0, 0.05) is 18.0 Å². The highest BCUT2D eigenvalue weighted by Crippen LogP contribution is 2.01. The molecule has 0 N–H and O–H groups in total. The molecule has 2 nitrogen and oxygen atoms in total. The monoisotopic (exact) mass is 220 g/mol. The minimum atomic E-state index is 0.666. The predicted octanol–water partition coefficient (Wildman–Crippen LogP) is 2.68. The van der Waals surface area contributed by atoms with E-state index < -0.39 is 0 Å². The molecule has 2 rings (SSSR count). The van der Waals surface area contributed by atoms with Gasteiger partial charge in [-0.3, -0.25) is 9.98 Å². The minimum absolute atomic E-state index is 0.666. The van der Waals surface area contributed by atoms with Crippen molar-refractivity contribution in [1.82, 2.24) is 4.98 Å². The predicted molar refractivity (Wildman–Crippen MR) is 69.9 cm³/mol. The fourth-order valence-electron chi connectivity index (χ4n) is 1.40. The molecular weight excluding hydrogens is 208 g/mol. The van der Waals surface area contributed by atoms with E-state index in [0.29, 0.717) is 6.54 Å². The molecule has 0 aliphatic carbocycles. The summed E-state index contributed by atoms with van der Waals surface area (Å²) >= 11 is 0. The van der Waals surface area contributed by atoms with Gasteiger partial charge in [-0.1, -0.05) is 36.3 Å². The second-order valence-electron chi connectivity index (χ2n) is 3.57. The van der Waals surface area contributed by atoms with Crippen molar-refractivity contribution in [2.75, 3.05) is 0 Å². The highest BCUT2D eigenvalue weighted by Gasteiger charge is 1.91. The van der Waals surface area contributed by atoms with Crippen molar-refractivity contribution in [2.24, 2.45) is 4.99 Å². The molecular formula is C15H12N2. The van der Waals surface area contributed by atoms with Crippen LogP contribution in [0.15, 0.2) is 53.7 Å². The first-order chi connectivity index (χ1) is 8.38. The Hall–Kier alpha value is -2.40. The molecule has 0 radical (unpaired) electrons. The summed E-state index contributed by atoms with van der Waals surface area (Å²) in [6.07, 6.45) is 8.68. The van der Waals surface area contributed by atoms with E-state index in [4.69, 9.17) is 6.42 Å². The van der Waals surface area contributed by atoms with Gasteiger partial charge in [0.2, 0.25) is 0 Å². The first kappa shape index (κ1) is 11.1. The molecule has 1 aromatic heterocycles. The van der Waals surface area contributed by atoms with Crippen molar-refractivity contribution in [1.29, 1.82) is 0 Å². The van der Waals surface area contributed by atoms with Crippen LogP contribution in [0.2, 0.25) is 0 Å². The van der Waals surface area contributed by atoms with Gasteiger partial charge >= 0.3 is 0 Å². The molecule has 82 valence electrons. The molecule has 0 atom stereocenters. The maximum absolute atomic E-state index is 5.25. The fourth-order valence-corrected chi connectivity index (χ4v) is 1.40. The van der Waals surface area contributed by atoms with Crippen LogP contribution in [0.5, 0.6) is 0 Å². The molecule has 17 heavy (non-hydrogen) atoms. The quantitative estimate of drug-likeness (QED) is 0.576. The van der Waals surface area contributed by atoms with Crippen LogP contribution in [-0.4, -0.2) is 11.2 Å². The van der Waals surface area contributed by atoms with Crippen LogP contribution in [0, 0.1) is 12.3 Å². The van der Waals surface area contributed by atoms with Gasteiger partial charge in [-0.25, -0.2) is 0 Å². The van der Waals surface area contributed by atoms with Crippen molar-refractivity contribution >= 4 is 6.21 Å². The number of rotatable bonds is 3. The summed E-state index contributed by atoms with van der Waals surface area (Å²) in [4.78, 5) is 8.52. The van der Waals surface area contributed by atoms with E-state index in [-0.39, 0.29) is 0 Å². The standard InChI is InChI=1S/C15H12N2/c1-2-13-8-9-15(17-11-13)12-16-10-14-6-4-3-5-7-14/h1,3-9,11-12H,10H2. The van der Waals surface area contributed by atoms with Crippen molar-refractivity contribution < 1.29 is 0 Å². The highest BCUT2D eigenvalue weighted by molar-refractivity contribution is 5.76. The number of hydrogen-bond donors (Lipinski definition) is 0. The molecule has 1 heterocycles. The first-order valence-electron chi connectivity index (χ1n) is 5.35. The van der Waals surface area contributed by atoms with Crippen molar-refractivity contribution in [2.45, 2.75) is 6.54 Å². The lowest BCUT2D eigenvalue weighted by molar-refractivity contribution is 1.07. The van der Waals surface area contributed by atoms with Crippen molar-refractivity contribution in [3.8, 4) is 12.3 Å². The maximum Gasteiger partial charge on any atom is 0.0808 e. The maximum atomic E-state index is 5.25. The van der Waals surface area contributed by atoms with E-state index >= 15 is 0 Å². The zero-order chi connectivity index (χ0) is 11.9. The van der Waals surface area contributed by atoms with Gasteiger partial charge in [0.15, 0.2) is 0 Å². The number of aromatic nitrogens is 1. The number of hydrogen-bond acceptors (Lipinski definition) is 2. The van der Waals surface area contributed by atoms with Gasteiger partial charge in [-0.05, 0) is 17.7 Å². The molecule has 2 aromatic rings. The Morgan fingerprint density at radius 3 is 2.65 bits per heavy atom. The van der Waals surface area contributed by atoms with Crippen LogP contribution >= 0.6 is 0 Å². The normalized spacial score (nSPS) is 10.3. The first-order valence-corrected chi connectivity index (χ1v) is 5.35. The lowest BCUT2D eigenvalue weighted by Crippen LogP contribution is -1.89. The molecule has 0 saturated heterocycles. The van der Waals surface area contributed by atoms with E-state index in [0.717, 1.165) is 11.3 Å². The van der Waals surface area contributed by atoms with Gasteiger partial charge in [0.05, 0.1) is 12.2 Å². The number of terminal acetylenes is 1. The summed E-state index contributed by atoms with van der Waals surface area (Å²) in [5, 5.41) is 0. The van der Waals surface area contributed by atoms with Gasteiger partial charge in [0.25, 0.3) is 0 Å². The van der Waals surface area contributed by atoms with Crippen LogP contribution in [0.25, 0.3) is 0 Å². The number of nitrogens with zero attached hydrogens (tertiary/aromatic N) is 2. The van der Waals surface area contributed by atoms with Crippen LogP contribution in [-0.2, 0) is 6.54 Å². The van der Waals surface area contributed by atoms with Crippen molar-refractivity contribution in [3.63, 3.8) is 0 Å². The van der Waals surface area contributed by atoms with Gasteiger partial charge in [0.1, 0.15) is 0 Å². The molecule has 0 amide bonds. The zero-order valence-electron chi connectivity index (χ0n) is 9.38. The Labute approximate surface area is 101 Å². The second-order valence-corrected chi connectivity index (χ2v) is 3.57. The molecule has 1 aromatic carbocycles. The van der Waals surface area contributed by atoms with E-state index in [2.05, 4.69) is 15.9 Å². The van der Waals surface area contributed by atoms with Gasteiger partial charge in [-0.2, -0.15) is 0 Å². The Bertz CT molecular complexity index is 533. The van der Waals surface area contributed by atoms with E-state index in [1.807, 2.05) is 42.5 Å². The summed E-state index contributed by atoms with van der Waals surface area (Å²) < 4.78 is 0. The lowest BCUT2D eigenvalue weighted by atomic mass is 10.2. The SMILES string of the molecule is C#Cc1ccc(C=NCc2ccccc2)nc1. The molecule has 0 bridgehead atoms. The van der Waals surface area contributed by atoms with Crippen LogP contribution < -0.4 is 0 Å². The summed E-state index contributed by atoms with van der Waals surface area (Å²) in [6, 6.07) is 13.8. The molecule has 0 saturated carbocycles. The Morgan fingerprint density at radius 2 is 2.00 bits per heavy atom. The van der Waals surface area contributed by atoms with Crippen molar-refractivity contribution in [3.05, 3.63) is 65.5 Å². The Balaban J connectivity index is 1.99. The third-order valence-corrected chi connectivity index (χ3v) is 2.29. The third-order valence-electron chi connectivity index (χ3n) is 2.29. The minimum Gasteiger partial charge on any atom is -0.286 e. The number of benzene rings is 1. The average Bonchev–Trinajstić information content (AvgIpc) is 2.41. The lowest BCUT2D eigenvalue weighted by Gasteiger charge is -1.95. The van der Waals surface area contributed by atoms with E-state index in [1.165, 1.54) is 5.56 Å². The zero-order valence-corrected chi connectivity index (χ0v) is 9.38. The highest BCUT2D eigenvalue weighted by atomic mass is 14.7. The summed E-state index contributed by atoms with van der Waals surface area (Å²) in [5.74, 6) is 2.53. The van der Waals surface area contributed by atoms with Gasteiger partial charge in [-0.15, -0.1) is 6.42 Å². The van der Waals surface area contributed by atoms with E-state index in [9.17, 15) is 0 Å². The van der Waals surface area contributed by atoms with Crippen LogP contribution in [0.1, 0.15) is 16.8 Å². The smallest absolute Gasteiger partial charge is 0.0808 e. The molecule has 0 aliphatic rings. The van der Waals surface area contributed by atoms with E-state index in [1.54, 1.807) is 12.4 Å². The number of pyridine rings is 1. The Morgan fingerprint density at radius 1 is 1.18 bits per heavy atom. The molecule has 0 aliphatic heterocycles. The third kappa shape index (κ3) is 3.29. The molecule has 2 heteroatoms. The Kier molecular flexibility index (Phi) is 3.67. The fraction of sp³-hybridized carbons (Fsp3) is 0.0667. The number of aliphatic imine (C=N–C) groups is 1. The molecule has 0 fully saturated rings. The largest absolute Gasteiger partial charge is 0.286 e. The summed E-state index contributed by atoms with van der Waals surface area (Å²) in [6.45, 7) is 0.666. The topological polar surface area (TPSA) is 25.2 Å². The van der Waals surface area contributed by atoms with Crippen LogP contribution in [0.4, 0.5) is 0 Å². The second kappa shape index (κ2) is 5.62. The average molecular weight is 220 g/mol. The summed E-state index contributed by atoms with van der Waals surface area (Å²) in [5.41, 5.74) is 2.79. The van der Waals surface area contributed by atoms with Gasteiger partial charge < -0.3 is 0 Å². The molecule has 0 spiro atoms. The summed E-state index contributed by atoms with van der Waals surface area (Å²) in [7, 11) is 0. The van der Waals surface area contributed by atoms with Crippen LogP contribution in [0.3, 0.4) is 0 Å². The molecule has 0 unspecified atom stereocenters.